The molecule has 0 unspecified atom stereocenters. The molecule has 122 valence electrons. The van der Waals surface area contributed by atoms with Crippen molar-refractivity contribution in [3.63, 3.8) is 0 Å². The van der Waals surface area contributed by atoms with Gasteiger partial charge in [0.2, 0.25) is 5.91 Å². The number of carbonyl (C=O) groups excluding carboxylic acids is 1. The largest absolute Gasteiger partial charge is 0.507 e. The molecule has 1 amide bonds. The summed E-state index contributed by atoms with van der Waals surface area (Å²) in [6, 6.07) is 8.82. The van der Waals surface area contributed by atoms with E-state index in [9.17, 15) is 18.3 Å². The number of amides is 1. The van der Waals surface area contributed by atoms with Crippen molar-refractivity contribution >= 4 is 32.5 Å². The Morgan fingerprint density at radius 3 is 2.57 bits per heavy atom. The van der Waals surface area contributed by atoms with Gasteiger partial charge >= 0.3 is 0 Å². The normalized spacial score (nSPS) is 18.0. The minimum Gasteiger partial charge on any atom is -0.507 e. The molecule has 1 N–H and O–H groups in total. The van der Waals surface area contributed by atoms with Crippen LogP contribution in [-0.2, 0) is 25.5 Å². The molecule has 0 bridgehead atoms. The molecule has 0 radical (unpaired) electrons. The van der Waals surface area contributed by atoms with Crippen molar-refractivity contribution in [3.8, 4) is 5.75 Å². The van der Waals surface area contributed by atoms with Crippen molar-refractivity contribution in [3.05, 3.63) is 35.9 Å². The first-order valence-electron chi connectivity index (χ1n) is 7.16. The maximum atomic E-state index is 12.0. The van der Waals surface area contributed by atoms with Crippen molar-refractivity contribution in [1.29, 1.82) is 0 Å². The van der Waals surface area contributed by atoms with Gasteiger partial charge < -0.3 is 10.0 Å². The molecule has 23 heavy (non-hydrogen) atoms. The number of hydrogen-bond acceptors (Lipinski definition) is 5. The number of rotatable bonds is 2. The molecule has 1 aliphatic heterocycles. The third kappa shape index (κ3) is 3.02. The van der Waals surface area contributed by atoms with Crippen LogP contribution in [0.25, 0.3) is 10.8 Å². The van der Waals surface area contributed by atoms with E-state index in [1.165, 1.54) is 11.8 Å². The highest BCUT2D eigenvalue weighted by atomic mass is 32.2. The van der Waals surface area contributed by atoms with Crippen LogP contribution in [0.1, 0.15) is 12.5 Å². The van der Waals surface area contributed by atoms with E-state index >= 15 is 0 Å². The van der Waals surface area contributed by atoms with Gasteiger partial charge in [0.05, 0.1) is 24.6 Å². The van der Waals surface area contributed by atoms with Crippen LogP contribution >= 0.6 is 0 Å². The Morgan fingerprint density at radius 2 is 1.96 bits per heavy atom. The van der Waals surface area contributed by atoms with Gasteiger partial charge in [-0.1, -0.05) is 24.3 Å². The van der Waals surface area contributed by atoms with Gasteiger partial charge in [0.25, 0.3) is 10.1 Å². The van der Waals surface area contributed by atoms with Crippen molar-refractivity contribution < 1.29 is 22.5 Å². The summed E-state index contributed by atoms with van der Waals surface area (Å²) in [5.41, 5.74) is 1.40. The van der Waals surface area contributed by atoms with Crippen LogP contribution in [0, 0.1) is 0 Å². The molecule has 0 saturated carbocycles. The number of aromatic hydroxyl groups is 1. The molecule has 1 heterocycles. The highest BCUT2D eigenvalue weighted by molar-refractivity contribution is 7.86. The summed E-state index contributed by atoms with van der Waals surface area (Å²) in [4.78, 5) is 13.4. The van der Waals surface area contributed by atoms with Crippen molar-refractivity contribution in [2.24, 2.45) is 0 Å². The molecule has 7 heteroatoms. The van der Waals surface area contributed by atoms with E-state index in [1.54, 1.807) is 12.1 Å². The molecule has 0 aromatic heterocycles. The summed E-state index contributed by atoms with van der Waals surface area (Å²) in [6.07, 6.45) is 0.706. The van der Waals surface area contributed by atoms with E-state index in [0.717, 1.165) is 17.2 Å². The summed E-state index contributed by atoms with van der Waals surface area (Å²) >= 11 is 0. The molecule has 1 atom stereocenters. The number of phenolic OH excluding ortho intramolecular Hbond substituents is 1. The Kier molecular flexibility index (Phi) is 3.77. The fourth-order valence-electron chi connectivity index (χ4n) is 3.06. The highest BCUT2D eigenvalue weighted by Gasteiger charge is 2.31. The quantitative estimate of drug-likeness (QED) is 0.846. The van der Waals surface area contributed by atoms with Gasteiger partial charge in [-0.05, 0) is 10.9 Å². The average Bonchev–Trinajstić information content (AvgIpc) is 2.46. The average molecular weight is 335 g/mol. The van der Waals surface area contributed by atoms with Crippen LogP contribution in [0.2, 0.25) is 0 Å². The Balaban J connectivity index is 2.18. The van der Waals surface area contributed by atoms with Crippen molar-refractivity contribution in [1.82, 2.24) is 0 Å². The van der Waals surface area contributed by atoms with E-state index < -0.39 is 16.2 Å². The van der Waals surface area contributed by atoms with Crippen LogP contribution in [-0.4, -0.2) is 38.3 Å². The molecule has 2 aromatic rings. The van der Waals surface area contributed by atoms with Gasteiger partial charge in [-0.25, -0.2) is 0 Å². The van der Waals surface area contributed by atoms with Gasteiger partial charge in [0.1, 0.15) is 5.75 Å². The van der Waals surface area contributed by atoms with Crippen LogP contribution in [0.5, 0.6) is 5.75 Å². The number of carbonyl (C=O) groups is 1. The predicted molar refractivity (Wildman–Crippen MR) is 87.1 cm³/mol. The van der Waals surface area contributed by atoms with Crippen LogP contribution in [0.15, 0.2) is 30.3 Å². The van der Waals surface area contributed by atoms with Gasteiger partial charge in [0, 0.05) is 24.8 Å². The summed E-state index contributed by atoms with van der Waals surface area (Å²) in [7, 11) is -3.62. The van der Waals surface area contributed by atoms with Crippen molar-refractivity contribution in [2.75, 3.05) is 17.7 Å². The lowest BCUT2D eigenvalue weighted by molar-refractivity contribution is -0.116. The molecule has 0 saturated heterocycles. The molecule has 3 rings (SSSR count). The highest BCUT2D eigenvalue weighted by Crippen LogP contribution is 2.39. The van der Waals surface area contributed by atoms with Crippen molar-refractivity contribution in [2.45, 2.75) is 19.4 Å². The number of benzene rings is 2. The molecule has 1 aliphatic rings. The number of nitrogens with zero attached hydrogens (tertiary/aromatic N) is 1. The second-order valence-corrected chi connectivity index (χ2v) is 7.30. The molecular weight excluding hydrogens is 318 g/mol. The first-order chi connectivity index (χ1) is 10.8. The Labute approximate surface area is 134 Å². The minimum absolute atomic E-state index is 0.0908. The van der Waals surface area contributed by atoms with Crippen LogP contribution < -0.4 is 4.90 Å². The standard InChI is InChI=1S/C16H17NO5S/c1-10(18)17-9-11(22-23(2,20)21)7-14-12-5-3-4-6-13(12)16(19)8-15(14)17/h3-6,8,11,19H,7,9H2,1-2H3/t11-/m0/s1. The topological polar surface area (TPSA) is 83.9 Å². The Bertz CT molecular complexity index is 891. The van der Waals surface area contributed by atoms with Crippen LogP contribution in [0.3, 0.4) is 0 Å². The molecule has 0 spiro atoms. The smallest absolute Gasteiger partial charge is 0.264 e. The van der Waals surface area contributed by atoms with E-state index in [-0.39, 0.29) is 18.2 Å². The maximum absolute atomic E-state index is 12.0. The lowest BCUT2D eigenvalue weighted by atomic mass is 9.93. The number of anilines is 1. The minimum atomic E-state index is -3.62. The molecule has 2 aromatic carbocycles. The lowest BCUT2D eigenvalue weighted by Gasteiger charge is -2.34. The SMILES string of the molecule is CC(=O)N1C[C@@H](OS(C)(=O)=O)Cc2c1cc(O)c1ccccc21. The number of hydrogen-bond donors (Lipinski definition) is 1. The number of fused-ring (bicyclic) bond motifs is 3. The molecular formula is C16H17NO5S. The number of phenols is 1. The fourth-order valence-corrected chi connectivity index (χ4v) is 3.68. The zero-order valence-electron chi connectivity index (χ0n) is 12.8. The first-order valence-corrected chi connectivity index (χ1v) is 8.98. The third-order valence-corrected chi connectivity index (χ3v) is 4.53. The van der Waals surface area contributed by atoms with E-state index in [4.69, 9.17) is 4.18 Å². The molecule has 6 nitrogen and oxygen atoms in total. The van der Waals surface area contributed by atoms with E-state index in [0.29, 0.717) is 17.5 Å². The zero-order chi connectivity index (χ0) is 16.8. The Hall–Kier alpha value is -2.12. The summed E-state index contributed by atoms with van der Waals surface area (Å²) < 4.78 is 28.0. The monoisotopic (exact) mass is 335 g/mol. The summed E-state index contributed by atoms with van der Waals surface area (Å²) in [5.74, 6) is -0.143. The summed E-state index contributed by atoms with van der Waals surface area (Å²) in [6.45, 7) is 1.53. The van der Waals surface area contributed by atoms with Gasteiger partial charge in [-0.3, -0.25) is 8.98 Å². The van der Waals surface area contributed by atoms with Gasteiger partial charge in [-0.15, -0.1) is 0 Å². The zero-order valence-corrected chi connectivity index (χ0v) is 13.6. The van der Waals surface area contributed by atoms with Gasteiger partial charge in [-0.2, -0.15) is 8.42 Å². The first kappa shape index (κ1) is 15.8. The lowest BCUT2D eigenvalue weighted by Crippen LogP contribution is -2.43. The fraction of sp³-hybridized carbons (Fsp3) is 0.312. The summed E-state index contributed by atoms with van der Waals surface area (Å²) in [5, 5.41) is 11.7. The maximum Gasteiger partial charge on any atom is 0.264 e. The molecule has 0 aliphatic carbocycles. The van der Waals surface area contributed by atoms with E-state index in [2.05, 4.69) is 0 Å². The Morgan fingerprint density at radius 1 is 1.30 bits per heavy atom. The third-order valence-electron chi connectivity index (χ3n) is 3.91. The predicted octanol–water partition coefficient (Wildman–Crippen LogP) is 1.80. The second kappa shape index (κ2) is 5.50. The van der Waals surface area contributed by atoms with E-state index in [1.807, 2.05) is 18.2 Å². The second-order valence-electron chi connectivity index (χ2n) is 5.70. The van der Waals surface area contributed by atoms with Gasteiger partial charge in [0.15, 0.2) is 0 Å². The van der Waals surface area contributed by atoms with Crippen LogP contribution in [0.4, 0.5) is 5.69 Å². The molecule has 0 fully saturated rings.